The van der Waals surface area contributed by atoms with E-state index < -0.39 is 0 Å². The number of rotatable bonds is 6. The number of benzene rings is 1. The first-order chi connectivity index (χ1) is 13.8. The molecule has 1 aliphatic rings. The Morgan fingerprint density at radius 3 is 2.66 bits per heavy atom. The Morgan fingerprint density at radius 2 is 2.00 bits per heavy atom. The fourth-order valence-electron chi connectivity index (χ4n) is 3.41. The molecular weight excluding hydrogens is 386 g/mol. The highest BCUT2D eigenvalue weighted by Crippen LogP contribution is 2.46. The van der Waals surface area contributed by atoms with E-state index in [9.17, 15) is 9.59 Å². The van der Waals surface area contributed by atoms with Gasteiger partial charge in [-0.3, -0.25) is 9.78 Å². The lowest BCUT2D eigenvalue weighted by atomic mass is 9.80. The largest absolute Gasteiger partial charge is 0.462 e. The van der Waals surface area contributed by atoms with Gasteiger partial charge in [-0.05, 0) is 48.6 Å². The van der Waals surface area contributed by atoms with Crippen molar-refractivity contribution in [3.8, 4) is 11.3 Å². The maximum atomic E-state index is 11.9. The van der Waals surface area contributed by atoms with E-state index in [4.69, 9.17) is 9.47 Å². The first kappa shape index (κ1) is 21.4. The minimum absolute atomic E-state index is 0.126. The smallest absolute Gasteiger partial charge is 0.339 e. The summed E-state index contributed by atoms with van der Waals surface area (Å²) in [5.74, 6) is -0.495. The zero-order valence-electron chi connectivity index (χ0n) is 17.4. The summed E-state index contributed by atoms with van der Waals surface area (Å²) in [6, 6.07) is 9.82. The van der Waals surface area contributed by atoms with Gasteiger partial charge in [-0.15, -0.1) is 0 Å². The number of hydrogen-bond acceptors (Lipinski definition) is 6. The summed E-state index contributed by atoms with van der Waals surface area (Å²) in [7, 11) is 0. The number of carbonyl (C=O) groups is 2. The van der Waals surface area contributed by atoms with Crippen LogP contribution in [0.4, 0.5) is 0 Å². The molecule has 0 radical (unpaired) electrons. The Kier molecular flexibility index (Phi) is 6.63. The Morgan fingerprint density at radius 1 is 1.21 bits per heavy atom. The molecule has 1 aliphatic heterocycles. The van der Waals surface area contributed by atoms with Gasteiger partial charge >= 0.3 is 11.9 Å². The molecule has 0 fully saturated rings. The number of thioether (sulfide) groups is 1. The van der Waals surface area contributed by atoms with Crippen LogP contribution >= 0.6 is 11.8 Å². The van der Waals surface area contributed by atoms with Crippen LogP contribution in [0.15, 0.2) is 41.4 Å². The quantitative estimate of drug-likeness (QED) is 0.593. The third-order valence-electron chi connectivity index (χ3n) is 4.93. The molecule has 6 heteroatoms. The number of carbonyl (C=O) groups excluding carboxylic acids is 2. The third kappa shape index (κ3) is 4.99. The fourth-order valence-corrected chi connectivity index (χ4v) is 4.95. The highest BCUT2D eigenvalue weighted by molar-refractivity contribution is 7.99. The molecule has 2 aromatic rings. The van der Waals surface area contributed by atoms with Gasteiger partial charge in [-0.25, -0.2) is 4.79 Å². The van der Waals surface area contributed by atoms with Gasteiger partial charge < -0.3 is 9.47 Å². The Hall–Kier alpha value is -2.34. The van der Waals surface area contributed by atoms with Crippen LogP contribution in [-0.4, -0.2) is 29.0 Å². The van der Waals surface area contributed by atoms with E-state index in [0.29, 0.717) is 18.6 Å². The van der Waals surface area contributed by atoms with Crippen molar-refractivity contribution in [2.45, 2.75) is 62.7 Å². The van der Waals surface area contributed by atoms with E-state index in [2.05, 4.69) is 31.0 Å². The van der Waals surface area contributed by atoms with Gasteiger partial charge in [0.05, 0.1) is 17.9 Å². The van der Waals surface area contributed by atoms with Crippen molar-refractivity contribution < 1.29 is 19.1 Å². The molecule has 1 aromatic heterocycles. The lowest BCUT2D eigenvalue weighted by molar-refractivity contribution is -0.145. The molecule has 0 saturated carbocycles. The van der Waals surface area contributed by atoms with Crippen molar-refractivity contribution in [3.63, 3.8) is 0 Å². The first-order valence-corrected chi connectivity index (χ1v) is 10.9. The van der Waals surface area contributed by atoms with E-state index in [1.165, 1.54) is 5.56 Å². The van der Waals surface area contributed by atoms with Crippen LogP contribution in [0.2, 0.25) is 0 Å². The summed E-state index contributed by atoms with van der Waals surface area (Å²) in [4.78, 5) is 29.3. The number of pyridine rings is 1. The second-order valence-corrected chi connectivity index (χ2v) is 8.94. The van der Waals surface area contributed by atoms with Gasteiger partial charge in [0.15, 0.2) is 5.44 Å². The second kappa shape index (κ2) is 8.99. The molecule has 0 amide bonds. The minimum Gasteiger partial charge on any atom is -0.462 e. The van der Waals surface area contributed by atoms with Crippen LogP contribution in [0.5, 0.6) is 0 Å². The summed E-state index contributed by atoms with van der Waals surface area (Å²) in [6.07, 6.45) is 3.56. The van der Waals surface area contributed by atoms with E-state index in [1.807, 2.05) is 19.1 Å². The lowest BCUT2D eigenvalue weighted by Gasteiger charge is -2.36. The second-order valence-electron chi connectivity index (χ2n) is 7.74. The Labute approximate surface area is 176 Å². The highest BCUT2D eigenvalue weighted by atomic mass is 32.2. The van der Waals surface area contributed by atoms with Crippen LogP contribution in [-0.2, 0) is 19.7 Å². The number of fused-ring (bicyclic) bond motifs is 1. The van der Waals surface area contributed by atoms with Gasteiger partial charge in [0, 0.05) is 29.5 Å². The average Bonchev–Trinajstić information content (AvgIpc) is 2.68. The summed E-state index contributed by atoms with van der Waals surface area (Å²) < 4.78 is 10.7. The van der Waals surface area contributed by atoms with E-state index in [-0.39, 0.29) is 22.8 Å². The van der Waals surface area contributed by atoms with E-state index in [0.717, 1.165) is 29.0 Å². The number of nitrogens with zero attached hydrogens (tertiary/aromatic N) is 1. The van der Waals surface area contributed by atoms with Gasteiger partial charge in [-0.1, -0.05) is 38.6 Å². The monoisotopic (exact) mass is 413 g/mol. The molecule has 2 heterocycles. The molecule has 1 unspecified atom stereocenters. The zero-order valence-corrected chi connectivity index (χ0v) is 18.2. The van der Waals surface area contributed by atoms with Gasteiger partial charge in [0.2, 0.25) is 0 Å². The van der Waals surface area contributed by atoms with E-state index >= 15 is 0 Å². The number of esters is 2. The SMILES string of the molecule is CCCC(=O)OC1CC(C)(C)c2cc(-c3ccc(C(=O)OCC)cn3)ccc2S1. The van der Waals surface area contributed by atoms with Crippen molar-refractivity contribution in [1.82, 2.24) is 4.98 Å². The fraction of sp³-hybridized carbons (Fsp3) is 0.435. The topological polar surface area (TPSA) is 65.5 Å². The van der Waals surface area contributed by atoms with Crippen molar-refractivity contribution >= 4 is 23.7 Å². The third-order valence-corrected chi connectivity index (χ3v) is 6.07. The van der Waals surface area contributed by atoms with Crippen molar-refractivity contribution in [2.24, 2.45) is 0 Å². The van der Waals surface area contributed by atoms with Crippen LogP contribution in [0.3, 0.4) is 0 Å². The van der Waals surface area contributed by atoms with Crippen LogP contribution in [0.1, 0.15) is 62.9 Å². The van der Waals surface area contributed by atoms with E-state index in [1.54, 1.807) is 30.9 Å². The maximum absolute atomic E-state index is 11.9. The van der Waals surface area contributed by atoms with Crippen molar-refractivity contribution in [2.75, 3.05) is 6.61 Å². The van der Waals surface area contributed by atoms with Crippen molar-refractivity contribution in [3.05, 3.63) is 47.7 Å². The molecule has 29 heavy (non-hydrogen) atoms. The predicted molar refractivity (Wildman–Crippen MR) is 114 cm³/mol. The number of hydrogen-bond donors (Lipinski definition) is 0. The molecule has 3 rings (SSSR count). The molecule has 0 spiro atoms. The Balaban J connectivity index is 1.82. The normalized spacial score (nSPS) is 17.3. The van der Waals surface area contributed by atoms with Gasteiger partial charge in [0.1, 0.15) is 0 Å². The highest BCUT2D eigenvalue weighted by Gasteiger charge is 2.35. The molecule has 0 saturated heterocycles. The molecule has 0 bridgehead atoms. The summed E-state index contributed by atoms with van der Waals surface area (Å²) in [6.45, 7) is 8.44. The minimum atomic E-state index is -0.363. The molecule has 5 nitrogen and oxygen atoms in total. The maximum Gasteiger partial charge on any atom is 0.339 e. The molecule has 1 atom stereocenters. The molecule has 0 N–H and O–H groups in total. The van der Waals surface area contributed by atoms with Gasteiger partial charge in [0.25, 0.3) is 0 Å². The number of ether oxygens (including phenoxy) is 2. The first-order valence-electron chi connectivity index (χ1n) is 9.98. The molecular formula is C23H27NO4S. The summed E-state index contributed by atoms with van der Waals surface area (Å²) >= 11 is 1.60. The average molecular weight is 414 g/mol. The Bertz CT molecular complexity index is 892. The zero-order chi connectivity index (χ0) is 21.0. The molecule has 0 aliphatic carbocycles. The van der Waals surface area contributed by atoms with Crippen LogP contribution < -0.4 is 0 Å². The van der Waals surface area contributed by atoms with Crippen LogP contribution in [0.25, 0.3) is 11.3 Å². The van der Waals surface area contributed by atoms with Gasteiger partial charge in [-0.2, -0.15) is 0 Å². The predicted octanol–water partition coefficient (Wildman–Crippen LogP) is 5.37. The standard InChI is InChI=1S/C23H27NO4S/c1-5-7-20(25)28-21-13-23(3,4)17-12-15(9-11-19(17)29-21)18-10-8-16(14-24-18)22(26)27-6-2/h8-12,14,21H,5-7,13H2,1-4H3. The summed E-state index contributed by atoms with van der Waals surface area (Å²) in [5, 5.41) is 0. The number of aromatic nitrogens is 1. The molecule has 1 aromatic carbocycles. The van der Waals surface area contributed by atoms with Crippen molar-refractivity contribution in [1.29, 1.82) is 0 Å². The summed E-state index contributed by atoms with van der Waals surface area (Å²) in [5.41, 5.74) is 3.18. The van der Waals surface area contributed by atoms with Crippen LogP contribution in [0, 0.1) is 0 Å². The lowest BCUT2D eigenvalue weighted by Crippen LogP contribution is -2.31. The molecule has 154 valence electrons.